The summed E-state index contributed by atoms with van der Waals surface area (Å²) in [6.07, 6.45) is 5.68. The monoisotopic (exact) mass is 181 g/mol. The fourth-order valence-corrected chi connectivity index (χ4v) is 1.92. The van der Waals surface area contributed by atoms with Gasteiger partial charge in [0.25, 0.3) is 0 Å². The van der Waals surface area contributed by atoms with Gasteiger partial charge in [-0.25, -0.2) is 0 Å². The van der Waals surface area contributed by atoms with Crippen molar-refractivity contribution in [2.45, 2.75) is 52.0 Å². The normalized spacial score (nSPS) is 34.9. The van der Waals surface area contributed by atoms with E-state index in [2.05, 4.69) is 19.2 Å². The fourth-order valence-electron chi connectivity index (χ4n) is 1.92. The van der Waals surface area contributed by atoms with Gasteiger partial charge in [0.05, 0.1) is 0 Å². The molecule has 2 nitrogen and oxygen atoms in total. The van der Waals surface area contributed by atoms with Crippen LogP contribution in [0, 0.1) is 11.3 Å². The summed E-state index contributed by atoms with van der Waals surface area (Å²) in [6.45, 7) is 4.42. The van der Waals surface area contributed by atoms with Crippen molar-refractivity contribution in [3.05, 3.63) is 0 Å². The molecule has 1 N–H and O–H groups in total. The van der Waals surface area contributed by atoms with Gasteiger partial charge in [0.1, 0.15) is 0 Å². The molecular weight excluding hydrogens is 162 g/mol. The first-order chi connectivity index (χ1) is 6.09. The van der Waals surface area contributed by atoms with E-state index in [0.29, 0.717) is 17.4 Å². The van der Waals surface area contributed by atoms with Crippen LogP contribution in [0.25, 0.3) is 0 Å². The lowest BCUT2D eigenvalue weighted by atomic mass is 9.81. The topological polar surface area (TPSA) is 29.1 Å². The first-order valence-corrected chi connectivity index (χ1v) is 5.38. The van der Waals surface area contributed by atoms with E-state index in [1.54, 1.807) is 0 Å². The quantitative estimate of drug-likeness (QED) is 0.709. The van der Waals surface area contributed by atoms with E-state index < -0.39 is 0 Å². The maximum atomic E-state index is 11.5. The van der Waals surface area contributed by atoms with Crippen molar-refractivity contribution in [2.24, 2.45) is 11.3 Å². The number of amides is 1. The van der Waals surface area contributed by atoms with Crippen molar-refractivity contribution < 1.29 is 4.79 Å². The van der Waals surface area contributed by atoms with Crippen LogP contribution in [0.15, 0.2) is 0 Å². The third kappa shape index (κ3) is 2.04. The van der Waals surface area contributed by atoms with Crippen LogP contribution in [0.2, 0.25) is 0 Å². The van der Waals surface area contributed by atoms with Gasteiger partial charge >= 0.3 is 0 Å². The summed E-state index contributed by atoms with van der Waals surface area (Å²) >= 11 is 0. The Labute approximate surface area is 80.1 Å². The highest BCUT2D eigenvalue weighted by Crippen LogP contribution is 2.48. The van der Waals surface area contributed by atoms with Crippen molar-refractivity contribution in [1.82, 2.24) is 5.32 Å². The summed E-state index contributed by atoms with van der Waals surface area (Å²) in [5.41, 5.74) is 0.358. The molecule has 2 saturated carbocycles. The largest absolute Gasteiger partial charge is 0.353 e. The summed E-state index contributed by atoms with van der Waals surface area (Å²) in [6, 6.07) is 0.481. The molecule has 13 heavy (non-hydrogen) atoms. The van der Waals surface area contributed by atoms with Crippen LogP contribution < -0.4 is 5.32 Å². The lowest BCUT2D eigenvalue weighted by Crippen LogP contribution is -2.45. The van der Waals surface area contributed by atoms with Gasteiger partial charge in [-0.05, 0) is 37.0 Å². The Balaban J connectivity index is 1.72. The second-order valence-electron chi connectivity index (χ2n) is 5.22. The third-order valence-electron chi connectivity index (χ3n) is 3.66. The average Bonchev–Trinajstić information content (AvgIpc) is 2.76. The SMILES string of the molecule is CC1CCC1NC(=O)CC1(C)CC1. The zero-order chi connectivity index (χ0) is 9.47. The van der Waals surface area contributed by atoms with Gasteiger partial charge in [-0.3, -0.25) is 4.79 Å². The molecule has 0 aromatic carbocycles. The molecule has 2 aliphatic rings. The predicted molar refractivity (Wildman–Crippen MR) is 52.3 cm³/mol. The second-order valence-corrected chi connectivity index (χ2v) is 5.22. The molecule has 2 fully saturated rings. The zero-order valence-corrected chi connectivity index (χ0v) is 8.60. The number of carbonyl (C=O) groups excluding carboxylic acids is 1. The number of carbonyl (C=O) groups is 1. The van der Waals surface area contributed by atoms with Crippen LogP contribution in [-0.4, -0.2) is 11.9 Å². The lowest BCUT2D eigenvalue weighted by molar-refractivity contribution is -0.123. The van der Waals surface area contributed by atoms with Crippen LogP contribution in [0.1, 0.15) is 46.0 Å². The number of hydrogen-bond acceptors (Lipinski definition) is 1. The van der Waals surface area contributed by atoms with E-state index in [0.717, 1.165) is 6.42 Å². The van der Waals surface area contributed by atoms with E-state index >= 15 is 0 Å². The summed E-state index contributed by atoms with van der Waals surface area (Å²) in [5, 5.41) is 3.12. The van der Waals surface area contributed by atoms with Crippen LogP contribution in [0.4, 0.5) is 0 Å². The van der Waals surface area contributed by atoms with Gasteiger partial charge < -0.3 is 5.32 Å². The predicted octanol–water partition coefficient (Wildman–Crippen LogP) is 2.09. The van der Waals surface area contributed by atoms with Crippen molar-refractivity contribution in [1.29, 1.82) is 0 Å². The van der Waals surface area contributed by atoms with E-state index in [9.17, 15) is 4.79 Å². The molecule has 0 aromatic rings. The van der Waals surface area contributed by atoms with Gasteiger partial charge in [0, 0.05) is 12.5 Å². The van der Waals surface area contributed by atoms with Gasteiger partial charge in [-0.1, -0.05) is 13.8 Å². The molecule has 2 atom stereocenters. The highest BCUT2D eigenvalue weighted by atomic mass is 16.1. The summed E-state index contributed by atoms with van der Waals surface area (Å²) < 4.78 is 0. The average molecular weight is 181 g/mol. The smallest absolute Gasteiger partial charge is 0.220 e. The molecule has 2 unspecified atom stereocenters. The number of rotatable bonds is 3. The molecule has 0 radical (unpaired) electrons. The molecule has 1 amide bonds. The Morgan fingerprint density at radius 2 is 2.15 bits per heavy atom. The fraction of sp³-hybridized carbons (Fsp3) is 0.909. The molecule has 2 rings (SSSR count). The van der Waals surface area contributed by atoms with E-state index in [1.165, 1.54) is 25.7 Å². The Morgan fingerprint density at radius 3 is 2.54 bits per heavy atom. The maximum Gasteiger partial charge on any atom is 0.220 e. The maximum absolute atomic E-state index is 11.5. The molecule has 0 spiro atoms. The molecule has 74 valence electrons. The minimum absolute atomic E-state index is 0.275. The number of nitrogens with one attached hydrogen (secondary N) is 1. The van der Waals surface area contributed by atoms with Crippen molar-refractivity contribution in [3.63, 3.8) is 0 Å². The molecule has 2 aliphatic carbocycles. The standard InChI is InChI=1S/C11H19NO/c1-8-3-4-9(8)12-10(13)7-11(2)5-6-11/h8-9H,3-7H2,1-2H3,(H,12,13). The molecule has 0 bridgehead atoms. The molecular formula is C11H19NO. The van der Waals surface area contributed by atoms with Crippen LogP contribution in [0.3, 0.4) is 0 Å². The van der Waals surface area contributed by atoms with E-state index in [4.69, 9.17) is 0 Å². The van der Waals surface area contributed by atoms with E-state index in [-0.39, 0.29) is 5.91 Å². The first-order valence-electron chi connectivity index (χ1n) is 5.38. The van der Waals surface area contributed by atoms with Gasteiger partial charge in [0.15, 0.2) is 0 Å². The highest BCUT2D eigenvalue weighted by molar-refractivity contribution is 5.77. The van der Waals surface area contributed by atoms with Crippen LogP contribution in [-0.2, 0) is 4.79 Å². The minimum Gasteiger partial charge on any atom is -0.353 e. The van der Waals surface area contributed by atoms with Crippen molar-refractivity contribution >= 4 is 5.91 Å². The number of hydrogen-bond donors (Lipinski definition) is 1. The summed E-state index contributed by atoms with van der Waals surface area (Å²) in [5.74, 6) is 0.979. The third-order valence-corrected chi connectivity index (χ3v) is 3.66. The molecule has 0 saturated heterocycles. The molecule has 0 heterocycles. The molecule has 0 aliphatic heterocycles. The molecule has 0 aromatic heterocycles. The zero-order valence-electron chi connectivity index (χ0n) is 8.60. The highest BCUT2D eigenvalue weighted by Gasteiger charge is 2.40. The minimum atomic E-state index is 0.275. The Hall–Kier alpha value is -0.530. The van der Waals surface area contributed by atoms with Crippen molar-refractivity contribution in [2.75, 3.05) is 0 Å². The first kappa shape index (κ1) is 9.04. The van der Waals surface area contributed by atoms with Crippen LogP contribution >= 0.6 is 0 Å². The van der Waals surface area contributed by atoms with Gasteiger partial charge in [0.2, 0.25) is 5.91 Å². The van der Waals surface area contributed by atoms with Crippen molar-refractivity contribution in [3.8, 4) is 0 Å². The van der Waals surface area contributed by atoms with Gasteiger partial charge in [-0.2, -0.15) is 0 Å². The van der Waals surface area contributed by atoms with E-state index in [1.807, 2.05) is 0 Å². The Morgan fingerprint density at radius 1 is 1.46 bits per heavy atom. The lowest BCUT2D eigenvalue weighted by Gasteiger charge is -2.34. The summed E-state index contributed by atoms with van der Waals surface area (Å²) in [4.78, 5) is 11.5. The van der Waals surface area contributed by atoms with Gasteiger partial charge in [-0.15, -0.1) is 0 Å². The van der Waals surface area contributed by atoms with Crippen LogP contribution in [0.5, 0.6) is 0 Å². The summed E-state index contributed by atoms with van der Waals surface area (Å²) in [7, 11) is 0. The second kappa shape index (κ2) is 3.00. The Bertz CT molecular complexity index is 220. The Kier molecular flexibility index (Phi) is 2.09. The molecule has 2 heteroatoms.